The normalized spacial score (nSPS) is 17.3. The Hall–Kier alpha value is -1.37. The molecule has 0 saturated carbocycles. The quantitative estimate of drug-likeness (QED) is 0.694. The highest BCUT2D eigenvalue weighted by molar-refractivity contribution is 9.10. The molecule has 6 heteroatoms. The van der Waals surface area contributed by atoms with Crippen molar-refractivity contribution >= 4 is 33.2 Å². The van der Waals surface area contributed by atoms with Gasteiger partial charge in [-0.05, 0) is 49.5 Å². The summed E-state index contributed by atoms with van der Waals surface area (Å²) in [6.45, 7) is 1.94. The molecule has 1 aliphatic heterocycles. The van der Waals surface area contributed by atoms with Crippen molar-refractivity contribution in [3.63, 3.8) is 0 Å². The lowest BCUT2D eigenvalue weighted by Crippen LogP contribution is -2.38. The van der Waals surface area contributed by atoms with Crippen molar-refractivity contribution in [1.29, 1.82) is 0 Å². The second kappa shape index (κ2) is 8.34. The number of carbonyl (C=O) groups excluding carboxylic acids is 1. The van der Waals surface area contributed by atoms with E-state index in [9.17, 15) is 4.79 Å². The van der Waals surface area contributed by atoms with Crippen molar-refractivity contribution in [2.24, 2.45) is 0 Å². The van der Waals surface area contributed by atoms with Crippen LogP contribution in [0.4, 0.5) is 0 Å². The number of carbonyl (C=O) groups is 1. The largest absolute Gasteiger partial charge is 0.496 e. The predicted octanol–water partition coefficient (Wildman–Crippen LogP) is 4.31. The Morgan fingerprint density at radius 2 is 2.28 bits per heavy atom. The Bertz CT molecular complexity index is 720. The Balaban J connectivity index is 1.64. The van der Waals surface area contributed by atoms with Gasteiger partial charge in [0.1, 0.15) is 5.75 Å². The third kappa shape index (κ3) is 4.43. The molecule has 3 rings (SSSR count). The highest BCUT2D eigenvalue weighted by Crippen LogP contribution is 2.34. The van der Waals surface area contributed by atoms with E-state index >= 15 is 0 Å². The van der Waals surface area contributed by atoms with Gasteiger partial charge in [0.25, 0.3) is 0 Å². The Morgan fingerprint density at radius 1 is 1.44 bits per heavy atom. The average molecular weight is 423 g/mol. The van der Waals surface area contributed by atoms with E-state index in [1.54, 1.807) is 18.4 Å². The van der Waals surface area contributed by atoms with Crippen molar-refractivity contribution in [3.05, 3.63) is 50.6 Å². The molecule has 1 aromatic carbocycles. The Labute approximate surface area is 161 Å². The molecular weight excluding hydrogens is 400 g/mol. The van der Waals surface area contributed by atoms with Crippen LogP contribution in [0.1, 0.15) is 29.3 Å². The maximum absolute atomic E-state index is 12.8. The SMILES string of the molecule is COc1ccc(Br)cc1CN(C)CC(=O)N1CCC[C@H]1c1cccs1. The van der Waals surface area contributed by atoms with Crippen LogP contribution in [0.25, 0.3) is 0 Å². The summed E-state index contributed by atoms with van der Waals surface area (Å²) in [5, 5.41) is 2.09. The number of ether oxygens (including phenoxy) is 1. The lowest BCUT2D eigenvalue weighted by molar-refractivity contribution is -0.133. The smallest absolute Gasteiger partial charge is 0.237 e. The molecular formula is C19H23BrN2O2S. The lowest BCUT2D eigenvalue weighted by atomic mass is 10.2. The molecule has 0 radical (unpaired) electrons. The van der Waals surface area contributed by atoms with E-state index in [-0.39, 0.29) is 11.9 Å². The average Bonchev–Trinajstić information content (AvgIpc) is 3.26. The van der Waals surface area contributed by atoms with E-state index < -0.39 is 0 Å². The van der Waals surface area contributed by atoms with Crippen molar-refractivity contribution in [3.8, 4) is 5.75 Å². The molecule has 1 amide bonds. The Kier molecular flexibility index (Phi) is 6.15. The van der Waals surface area contributed by atoms with Gasteiger partial charge in [-0.2, -0.15) is 0 Å². The molecule has 4 nitrogen and oxygen atoms in total. The number of hydrogen-bond acceptors (Lipinski definition) is 4. The molecule has 25 heavy (non-hydrogen) atoms. The minimum absolute atomic E-state index is 0.201. The number of nitrogens with zero attached hydrogens (tertiary/aromatic N) is 2. The first-order valence-electron chi connectivity index (χ1n) is 8.42. The van der Waals surface area contributed by atoms with Gasteiger partial charge in [0.15, 0.2) is 0 Å². The monoisotopic (exact) mass is 422 g/mol. The van der Waals surface area contributed by atoms with E-state index in [1.807, 2.05) is 30.1 Å². The van der Waals surface area contributed by atoms with E-state index in [0.717, 1.165) is 35.2 Å². The van der Waals surface area contributed by atoms with Crippen LogP contribution in [0.2, 0.25) is 0 Å². The summed E-state index contributed by atoms with van der Waals surface area (Å²) in [6.07, 6.45) is 2.15. The zero-order valence-corrected chi connectivity index (χ0v) is 17.0. The third-order valence-corrected chi connectivity index (χ3v) is 6.00. The number of halogens is 1. The number of benzene rings is 1. The molecule has 0 bridgehead atoms. The summed E-state index contributed by atoms with van der Waals surface area (Å²) in [4.78, 5) is 18.2. The van der Waals surface area contributed by atoms with E-state index in [1.165, 1.54) is 4.88 Å². The molecule has 1 atom stereocenters. The number of hydrogen-bond donors (Lipinski definition) is 0. The third-order valence-electron chi connectivity index (χ3n) is 4.53. The molecule has 134 valence electrons. The minimum atomic E-state index is 0.201. The molecule has 2 heterocycles. The number of thiophene rings is 1. The number of amides is 1. The van der Waals surface area contributed by atoms with Crippen LogP contribution in [-0.2, 0) is 11.3 Å². The van der Waals surface area contributed by atoms with Gasteiger partial charge in [-0.25, -0.2) is 0 Å². The molecule has 1 fully saturated rings. The summed E-state index contributed by atoms with van der Waals surface area (Å²) in [6, 6.07) is 10.4. The van der Waals surface area contributed by atoms with Gasteiger partial charge in [-0.15, -0.1) is 11.3 Å². The molecule has 0 N–H and O–H groups in total. The van der Waals surface area contributed by atoms with Crippen LogP contribution in [-0.4, -0.2) is 43.0 Å². The standard InChI is InChI=1S/C19H23BrN2O2S/c1-21(12-14-11-15(20)7-8-17(14)24-2)13-19(23)22-9-3-5-16(22)18-6-4-10-25-18/h4,6-8,10-11,16H,3,5,9,12-13H2,1-2H3/t16-/m0/s1. The van der Waals surface area contributed by atoms with Crippen molar-refractivity contribution < 1.29 is 9.53 Å². The van der Waals surface area contributed by atoms with E-state index in [2.05, 4.69) is 38.3 Å². The first kappa shape index (κ1) is 18.4. The summed E-state index contributed by atoms with van der Waals surface area (Å²) < 4.78 is 6.44. The van der Waals surface area contributed by atoms with Gasteiger partial charge in [-0.3, -0.25) is 9.69 Å². The minimum Gasteiger partial charge on any atom is -0.496 e. The van der Waals surface area contributed by atoms with Gasteiger partial charge in [0.05, 0.1) is 19.7 Å². The zero-order chi connectivity index (χ0) is 17.8. The van der Waals surface area contributed by atoms with Crippen molar-refractivity contribution in [1.82, 2.24) is 9.80 Å². The fraction of sp³-hybridized carbons (Fsp3) is 0.421. The molecule has 0 aliphatic carbocycles. The van der Waals surface area contributed by atoms with Crippen LogP contribution in [0.15, 0.2) is 40.2 Å². The summed E-state index contributed by atoms with van der Waals surface area (Å²) >= 11 is 5.24. The van der Waals surface area contributed by atoms with Gasteiger partial charge >= 0.3 is 0 Å². The van der Waals surface area contributed by atoms with Gasteiger partial charge < -0.3 is 9.64 Å². The molecule has 0 spiro atoms. The van der Waals surface area contributed by atoms with E-state index in [0.29, 0.717) is 13.1 Å². The maximum Gasteiger partial charge on any atom is 0.237 e. The lowest BCUT2D eigenvalue weighted by Gasteiger charge is -2.27. The highest BCUT2D eigenvalue weighted by Gasteiger charge is 2.30. The molecule has 1 aromatic heterocycles. The second-order valence-electron chi connectivity index (χ2n) is 6.39. The first-order valence-corrected chi connectivity index (χ1v) is 10.1. The first-order chi connectivity index (χ1) is 12.1. The van der Waals surface area contributed by atoms with Crippen molar-refractivity contribution in [2.75, 3.05) is 27.2 Å². The summed E-state index contributed by atoms with van der Waals surface area (Å²) in [5.41, 5.74) is 1.07. The fourth-order valence-corrected chi connectivity index (χ4v) is 4.66. The number of likely N-dealkylation sites (N-methyl/N-ethyl adjacent to an activating group) is 1. The summed E-state index contributed by atoms with van der Waals surface area (Å²) in [7, 11) is 3.65. The van der Waals surface area contributed by atoms with Gasteiger partial charge in [0, 0.05) is 28.0 Å². The predicted molar refractivity (Wildman–Crippen MR) is 105 cm³/mol. The fourth-order valence-electron chi connectivity index (χ4n) is 3.38. The van der Waals surface area contributed by atoms with Crippen LogP contribution < -0.4 is 4.74 Å². The molecule has 2 aromatic rings. The topological polar surface area (TPSA) is 32.8 Å². The number of methoxy groups -OCH3 is 1. The Morgan fingerprint density at radius 3 is 3.00 bits per heavy atom. The van der Waals surface area contributed by atoms with Crippen LogP contribution in [0.5, 0.6) is 5.75 Å². The van der Waals surface area contributed by atoms with Crippen LogP contribution >= 0.6 is 27.3 Å². The summed E-state index contributed by atoms with van der Waals surface area (Å²) in [5.74, 6) is 1.05. The zero-order valence-electron chi connectivity index (χ0n) is 14.6. The van der Waals surface area contributed by atoms with Crippen LogP contribution in [0, 0.1) is 0 Å². The highest BCUT2D eigenvalue weighted by atomic mass is 79.9. The second-order valence-corrected chi connectivity index (χ2v) is 8.28. The maximum atomic E-state index is 12.8. The van der Waals surface area contributed by atoms with Gasteiger partial charge in [-0.1, -0.05) is 22.0 Å². The van der Waals surface area contributed by atoms with Gasteiger partial charge in [0.2, 0.25) is 5.91 Å². The molecule has 1 aliphatic rings. The van der Waals surface area contributed by atoms with E-state index in [4.69, 9.17) is 4.74 Å². The number of rotatable bonds is 6. The molecule has 1 saturated heterocycles. The molecule has 0 unspecified atom stereocenters. The number of likely N-dealkylation sites (tertiary alicyclic amines) is 1. The van der Waals surface area contributed by atoms with Crippen molar-refractivity contribution in [2.45, 2.75) is 25.4 Å². The van der Waals surface area contributed by atoms with Crippen LogP contribution in [0.3, 0.4) is 0 Å².